The van der Waals surface area contributed by atoms with Gasteiger partial charge in [-0.3, -0.25) is 4.90 Å². The highest BCUT2D eigenvalue weighted by Gasteiger charge is 2.29. The highest BCUT2D eigenvalue weighted by Crippen LogP contribution is 2.29. The summed E-state index contributed by atoms with van der Waals surface area (Å²) in [5.41, 5.74) is 6.91. The number of hydrogen-bond acceptors (Lipinski definition) is 3. The number of nitrogens with zero attached hydrogens (tertiary/aromatic N) is 1. The van der Waals surface area contributed by atoms with Crippen LogP contribution in [0.3, 0.4) is 0 Å². The summed E-state index contributed by atoms with van der Waals surface area (Å²) in [7, 11) is 0. The lowest BCUT2D eigenvalue weighted by Gasteiger charge is -2.23. The average Bonchev–Trinajstić information content (AvgIpc) is 2.98. The molecule has 2 rings (SSSR count). The van der Waals surface area contributed by atoms with E-state index < -0.39 is 0 Å². The first-order chi connectivity index (χ1) is 7.70. The van der Waals surface area contributed by atoms with Gasteiger partial charge >= 0.3 is 0 Å². The molecule has 1 aliphatic carbocycles. The van der Waals surface area contributed by atoms with Crippen LogP contribution in [0.2, 0.25) is 0 Å². The molecular formula is C13H22N2O. The third kappa shape index (κ3) is 2.86. The van der Waals surface area contributed by atoms with Gasteiger partial charge in [0.05, 0.1) is 12.8 Å². The minimum Gasteiger partial charge on any atom is -0.468 e. The summed E-state index contributed by atoms with van der Waals surface area (Å²) < 4.78 is 5.37. The molecule has 0 radical (unpaired) electrons. The van der Waals surface area contributed by atoms with Crippen molar-refractivity contribution < 1.29 is 4.42 Å². The zero-order chi connectivity index (χ0) is 11.5. The van der Waals surface area contributed by atoms with E-state index in [1.54, 1.807) is 6.26 Å². The van der Waals surface area contributed by atoms with E-state index in [0.717, 1.165) is 18.3 Å². The fourth-order valence-electron chi connectivity index (χ4n) is 2.16. The highest BCUT2D eigenvalue weighted by atomic mass is 16.3. The van der Waals surface area contributed by atoms with Gasteiger partial charge in [0.1, 0.15) is 5.76 Å². The first kappa shape index (κ1) is 11.7. The molecule has 0 amide bonds. The lowest BCUT2D eigenvalue weighted by atomic mass is 10.1. The van der Waals surface area contributed by atoms with Crippen LogP contribution in [0.5, 0.6) is 0 Å². The van der Waals surface area contributed by atoms with Gasteiger partial charge in [0, 0.05) is 24.7 Å². The second-order valence-corrected chi connectivity index (χ2v) is 5.13. The zero-order valence-corrected chi connectivity index (χ0v) is 10.3. The first-order valence-corrected chi connectivity index (χ1v) is 6.20. The Labute approximate surface area is 97.6 Å². The largest absolute Gasteiger partial charge is 0.468 e. The van der Waals surface area contributed by atoms with E-state index in [-0.39, 0.29) is 0 Å². The second kappa shape index (κ2) is 5.02. The molecule has 16 heavy (non-hydrogen) atoms. The second-order valence-electron chi connectivity index (χ2n) is 5.13. The molecule has 3 heteroatoms. The molecule has 1 aromatic rings. The van der Waals surface area contributed by atoms with Gasteiger partial charge in [-0.2, -0.15) is 0 Å². The van der Waals surface area contributed by atoms with E-state index in [4.69, 9.17) is 10.2 Å². The predicted octanol–water partition coefficient (Wildman–Crippen LogP) is 2.36. The van der Waals surface area contributed by atoms with Crippen molar-refractivity contribution in [3.8, 4) is 0 Å². The van der Waals surface area contributed by atoms with Gasteiger partial charge in [0.2, 0.25) is 0 Å². The van der Waals surface area contributed by atoms with E-state index in [9.17, 15) is 0 Å². The van der Waals surface area contributed by atoms with E-state index in [2.05, 4.69) is 24.8 Å². The van der Waals surface area contributed by atoms with Crippen LogP contribution in [0.25, 0.3) is 0 Å². The summed E-state index contributed by atoms with van der Waals surface area (Å²) in [5.74, 6) is 1.66. The van der Waals surface area contributed by atoms with Crippen LogP contribution in [0.15, 0.2) is 16.7 Å². The van der Waals surface area contributed by atoms with Crippen molar-refractivity contribution in [3.05, 3.63) is 23.7 Å². The van der Waals surface area contributed by atoms with Gasteiger partial charge in [-0.05, 0) is 24.8 Å². The minimum atomic E-state index is 0.502. The Hall–Kier alpha value is -0.800. The van der Waals surface area contributed by atoms with Gasteiger partial charge in [-0.25, -0.2) is 0 Å². The van der Waals surface area contributed by atoms with E-state index in [1.165, 1.54) is 24.9 Å². The van der Waals surface area contributed by atoms with Gasteiger partial charge in [0.15, 0.2) is 0 Å². The smallest absolute Gasteiger partial charge is 0.121 e. The van der Waals surface area contributed by atoms with Crippen LogP contribution in [0.4, 0.5) is 0 Å². The zero-order valence-electron chi connectivity index (χ0n) is 10.3. The lowest BCUT2D eigenvalue weighted by Crippen LogP contribution is -2.29. The molecule has 1 aromatic heterocycles. The summed E-state index contributed by atoms with van der Waals surface area (Å²) >= 11 is 0. The van der Waals surface area contributed by atoms with E-state index in [0.29, 0.717) is 12.5 Å². The van der Waals surface area contributed by atoms with Crippen molar-refractivity contribution in [2.75, 3.05) is 6.54 Å². The number of nitrogens with two attached hydrogens (primary N) is 1. The molecular weight excluding hydrogens is 200 g/mol. The Kier molecular flexibility index (Phi) is 3.66. The lowest BCUT2D eigenvalue weighted by molar-refractivity contribution is 0.224. The molecule has 1 heterocycles. The molecule has 0 spiro atoms. The van der Waals surface area contributed by atoms with Crippen molar-refractivity contribution in [2.45, 2.75) is 45.8 Å². The van der Waals surface area contributed by atoms with Gasteiger partial charge < -0.3 is 10.2 Å². The summed E-state index contributed by atoms with van der Waals surface area (Å²) in [6, 6.07) is 2.85. The van der Waals surface area contributed by atoms with Crippen molar-refractivity contribution in [1.29, 1.82) is 0 Å². The summed E-state index contributed by atoms with van der Waals surface area (Å²) in [5, 5.41) is 0. The fraction of sp³-hybridized carbons (Fsp3) is 0.692. The van der Waals surface area contributed by atoms with Crippen molar-refractivity contribution in [2.24, 2.45) is 11.7 Å². The normalized spacial score (nSPS) is 16.3. The summed E-state index contributed by atoms with van der Waals surface area (Å²) in [4.78, 5) is 2.56. The monoisotopic (exact) mass is 222 g/mol. The van der Waals surface area contributed by atoms with Crippen LogP contribution in [0.1, 0.15) is 38.0 Å². The standard InChI is InChI=1S/C13H22N2O/c1-10(2)8-15(12-3-4-12)9-11-5-6-16-13(11)7-14/h5-6,10,12H,3-4,7-9,14H2,1-2H3. The maximum absolute atomic E-state index is 5.65. The number of rotatable bonds is 6. The van der Waals surface area contributed by atoms with Crippen LogP contribution < -0.4 is 5.73 Å². The topological polar surface area (TPSA) is 42.4 Å². The van der Waals surface area contributed by atoms with Crippen LogP contribution >= 0.6 is 0 Å². The Bertz CT molecular complexity index is 328. The molecule has 1 aliphatic rings. The molecule has 0 bridgehead atoms. The molecule has 3 nitrogen and oxygen atoms in total. The first-order valence-electron chi connectivity index (χ1n) is 6.20. The van der Waals surface area contributed by atoms with E-state index in [1.807, 2.05) is 0 Å². The Balaban J connectivity index is 1.99. The molecule has 0 unspecified atom stereocenters. The highest BCUT2D eigenvalue weighted by molar-refractivity contribution is 5.17. The maximum atomic E-state index is 5.65. The molecule has 1 saturated carbocycles. The van der Waals surface area contributed by atoms with Gasteiger partial charge in [0.25, 0.3) is 0 Å². The molecule has 90 valence electrons. The van der Waals surface area contributed by atoms with Crippen molar-refractivity contribution in [3.63, 3.8) is 0 Å². The Morgan fingerprint density at radius 2 is 2.25 bits per heavy atom. The molecule has 2 N–H and O–H groups in total. The Morgan fingerprint density at radius 3 is 2.81 bits per heavy atom. The van der Waals surface area contributed by atoms with Crippen LogP contribution in [-0.2, 0) is 13.1 Å². The summed E-state index contributed by atoms with van der Waals surface area (Å²) in [6.45, 7) is 7.21. The van der Waals surface area contributed by atoms with Crippen molar-refractivity contribution >= 4 is 0 Å². The van der Waals surface area contributed by atoms with Gasteiger partial charge in [-0.15, -0.1) is 0 Å². The SMILES string of the molecule is CC(C)CN(Cc1ccoc1CN)C1CC1. The number of furan rings is 1. The molecule has 0 atom stereocenters. The molecule has 0 aromatic carbocycles. The average molecular weight is 222 g/mol. The van der Waals surface area contributed by atoms with Crippen LogP contribution in [0, 0.1) is 5.92 Å². The van der Waals surface area contributed by atoms with Crippen LogP contribution in [-0.4, -0.2) is 17.5 Å². The quantitative estimate of drug-likeness (QED) is 0.803. The van der Waals surface area contributed by atoms with Gasteiger partial charge in [-0.1, -0.05) is 13.8 Å². The Morgan fingerprint density at radius 1 is 1.50 bits per heavy atom. The van der Waals surface area contributed by atoms with E-state index >= 15 is 0 Å². The number of hydrogen-bond donors (Lipinski definition) is 1. The molecule has 0 saturated heterocycles. The third-order valence-electron chi connectivity index (χ3n) is 3.06. The summed E-state index contributed by atoms with van der Waals surface area (Å²) in [6.07, 6.45) is 4.45. The minimum absolute atomic E-state index is 0.502. The molecule has 1 fully saturated rings. The molecule has 0 aliphatic heterocycles. The third-order valence-corrected chi connectivity index (χ3v) is 3.06. The predicted molar refractivity (Wildman–Crippen MR) is 64.9 cm³/mol. The fourth-order valence-corrected chi connectivity index (χ4v) is 2.16. The van der Waals surface area contributed by atoms with Crippen molar-refractivity contribution in [1.82, 2.24) is 4.90 Å². The maximum Gasteiger partial charge on any atom is 0.121 e.